The van der Waals surface area contributed by atoms with Gasteiger partial charge in [0.1, 0.15) is 0 Å². The zero-order valence-corrected chi connectivity index (χ0v) is 14.0. The van der Waals surface area contributed by atoms with Crippen LogP contribution in [-0.2, 0) is 14.8 Å². The molecule has 0 spiro atoms. The van der Waals surface area contributed by atoms with Crippen LogP contribution in [0.5, 0.6) is 0 Å². The van der Waals surface area contributed by atoms with Crippen LogP contribution in [0, 0.1) is 6.92 Å². The maximum absolute atomic E-state index is 12.8. The minimum Gasteiger partial charge on any atom is -0.372 e. The van der Waals surface area contributed by atoms with Crippen molar-refractivity contribution < 1.29 is 13.2 Å². The van der Waals surface area contributed by atoms with E-state index in [1.807, 2.05) is 49.4 Å². The molecule has 1 aliphatic heterocycles. The van der Waals surface area contributed by atoms with Gasteiger partial charge in [0, 0.05) is 13.1 Å². The fourth-order valence-corrected chi connectivity index (χ4v) is 4.22. The Hall–Kier alpha value is -1.69. The molecule has 3 rings (SSSR count). The summed E-state index contributed by atoms with van der Waals surface area (Å²) < 4.78 is 32.9. The van der Waals surface area contributed by atoms with Gasteiger partial charge in [-0.25, -0.2) is 8.42 Å². The Kier molecular flexibility index (Phi) is 4.80. The number of nitrogens with zero attached hydrogens (tertiary/aromatic N) is 1. The van der Waals surface area contributed by atoms with E-state index in [1.54, 1.807) is 12.1 Å². The Balaban J connectivity index is 1.76. The highest BCUT2D eigenvalue weighted by Gasteiger charge is 2.28. The molecule has 1 fully saturated rings. The molecular weight excluding hydrogens is 310 g/mol. The van der Waals surface area contributed by atoms with Gasteiger partial charge in [-0.15, -0.1) is 0 Å². The molecule has 0 amide bonds. The van der Waals surface area contributed by atoms with Gasteiger partial charge < -0.3 is 4.74 Å². The lowest BCUT2D eigenvalue weighted by Crippen LogP contribution is -2.33. The molecule has 4 nitrogen and oxygen atoms in total. The quantitative estimate of drug-likeness (QED) is 0.868. The third kappa shape index (κ3) is 3.63. The number of hydrogen-bond acceptors (Lipinski definition) is 3. The Labute approximate surface area is 137 Å². The highest BCUT2D eigenvalue weighted by molar-refractivity contribution is 7.89. The van der Waals surface area contributed by atoms with Crippen molar-refractivity contribution >= 4 is 10.0 Å². The van der Waals surface area contributed by atoms with Crippen molar-refractivity contribution in [1.29, 1.82) is 0 Å². The average molecular weight is 331 g/mol. The number of hydrogen-bond donors (Lipinski definition) is 0. The summed E-state index contributed by atoms with van der Waals surface area (Å²) in [5.41, 5.74) is 2.15. The van der Waals surface area contributed by atoms with Crippen LogP contribution in [0.3, 0.4) is 0 Å². The van der Waals surface area contributed by atoms with E-state index < -0.39 is 10.0 Å². The van der Waals surface area contributed by atoms with Crippen molar-refractivity contribution in [3.8, 4) is 0 Å². The van der Waals surface area contributed by atoms with Gasteiger partial charge in [0.15, 0.2) is 0 Å². The first-order valence-corrected chi connectivity index (χ1v) is 9.25. The molecule has 1 aliphatic rings. The van der Waals surface area contributed by atoms with E-state index in [-0.39, 0.29) is 6.10 Å². The normalized spacial score (nSPS) is 20.1. The van der Waals surface area contributed by atoms with Crippen molar-refractivity contribution in [2.24, 2.45) is 0 Å². The van der Waals surface area contributed by atoms with Gasteiger partial charge in [-0.05, 0) is 31.0 Å². The number of aryl methyl sites for hydroxylation is 1. The van der Waals surface area contributed by atoms with Crippen molar-refractivity contribution in [2.75, 3.05) is 19.7 Å². The second-order valence-electron chi connectivity index (χ2n) is 5.78. The highest BCUT2D eigenvalue weighted by atomic mass is 32.2. The summed E-state index contributed by atoms with van der Waals surface area (Å²) in [5, 5.41) is 0. The van der Waals surface area contributed by atoms with Gasteiger partial charge in [-0.1, -0.05) is 48.0 Å². The SMILES string of the molecule is Cc1ccc(S(=O)(=O)N2CCO[C@@H](c3ccccc3)CC2)cc1. The summed E-state index contributed by atoms with van der Waals surface area (Å²) in [6.07, 6.45) is 0.615. The van der Waals surface area contributed by atoms with E-state index in [4.69, 9.17) is 4.74 Å². The summed E-state index contributed by atoms with van der Waals surface area (Å²) in [5.74, 6) is 0. The molecular formula is C18H21NO3S. The molecule has 122 valence electrons. The number of sulfonamides is 1. The topological polar surface area (TPSA) is 46.6 Å². The largest absolute Gasteiger partial charge is 0.372 e. The molecule has 1 atom stereocenters. The number of benzene rings is 2. The maximum Gasteiger partial charge on any atom is 0.243 e. The third-order valence-corrected chi connectivity index (χ3v) is 6.04. The molecule has 0 aliphatic carbocycles. The standard InChI is InChI=1S/C18H21NO3S/c1-15-7-9-17(10-8-15)23(20,21)19-12-11-18(22-14-13-19)16-5-3-2-4-6-16/h2-10,18H,11-14H2,1H3/t18-/m1/s1. The lowest BCUT2D eigenvalue weighted by molar-refractivity contribution is 0.0633. The molecule has 5 heteroatoms. The second-order valence-corrected chi connectivity index (χ2v) is 7.71. The van der Waals surface area contributed by atoms with Crippen LogP contribution in [0.1, 0.15) is 23.7 Å². The predicted molar refractivity (Wildman–Crippen MR) is 89.7 cm³/mol. The molecule has 0 saturated carbocycles. The lowest BCUT2D eigenvalue weighted by Gasteiger charge is -2.19. The van der Waals surface area contributed by atoms with Crippen LogP contribution in [-0.4, -0.2) is 32.4 Å². The maximum atomic E-state index is 12.8. The molecule has 0 unspecified atom stereocenters. The summed E-state index contributed by atoms with van der Waals surface area (Å²) in [4.78, 5) is 0.348. The van der Waals surface area contributed by atoms with Gasteiger partial charge in [0.05, 0.1) is 17.6 Å². The number of ether oxygens (including phenoxy) is 1. The van der Waals surface area contributed by atoms with Crippen molar-refractivity contribution in [3.05, 3.63) is 65.7 Å². The zero-order chi connectivity index (χ0) is 16.3. The Morgan fingerprint density at radius 2 is 1.70 bits per heavy atom. The van der Waals surface area contributed by atoms with E-state index in [9.17, 15) is 8.42 Å². The molecule has 0 N–H and O–H groups in total. The first-order valence-electron chi connectivity index (χ1n) is 7.81. The number of rotatable bonds is 3. The Morgan fingerprint density at radius 1 is 1.00 bits per heavy atom. The Bertz CT molecular complexity index is 742. The van der Waals surface area contributed by atoms with Gasteiger partial charge in [0.2, 0.25) is 10.0 Å². The van der Waals surface area contributed by atoms with E-state index in [0.29, 0.717) is 31.0 Å². The molecule has 0 bridgehead atoms. The molecule has 0 aromatic heterocycles. The summed E-state index contributed by atoms with van der Waals surface area (Å²) >= 11 is 0. The second kappa shape index (κ2) is 6.83. The van der Waals surface area contributed by atoms with Gasteiger partial charge >= 0.3 is 0 Å². The molecule has 2 aromatic carbocycles. The fourth-order valence-electron chi connectivity index (χ4n) is 2.78. The minimum absolute atomic E-state index is 0.0468. The smallest absolute Gasteiger partial charge is 0.243 e. The van der Waals surface area contributed by atoms with Gasteiger partial charge in [-0.3, -0.25) is 0 Å². The van der Waals surface area contributed by atoms with E-state index >= 15 is 0 Å². The van der Waals surface area contributed by atoms with Gasteiger partial charge in [-0.2, -0.15) is 4.31 Å². The summed E-state index contributed by atoms with van der Waals surface area (Å²) in [6.45, 7) is 3.21. The van der Waals surface area contributed by atoms with Crippen LogP contribution in [0.4, 0.5) is 0 Å². The highest BCUT2D eigenvalue weighted by Crippen LogP contribution is 2.26. The lowest BCUT2D eigenvalue weighted by atomic mass is 10.1. The van der Waals surface area contributed by atoms with Crippen molar-refractivity contribution in [1.82, 2.24) is 4.31 Å². The van der Waals surface area contributed by atoms with Crippen molar-refractivity contribution in [3.63, 3.8) is 0 Å². The van der Waals surface area contributed by atoms with Crippen LogP contribution in [0.2, 0.25) is 0 Å². The van der Waals surface area contributed by atoms with E-state index in [2.05, 4.69) is 0 Å². The van der Waals surface area contributed by atoms with Crippen molar-refractivity contribution in [2.45, 2.75) is 24.3 Å². The average Bonchev–Trinajstić information content (AvgIpc) is 2.83. The zero-order valence-electron chi connectivity index (χ0n) is 13.2. The first-order chi connectivity index (χ1) is 11.1. The van der Waals surface area contributed by atoms with E-state index in [0.717, 1.165) is 11.1 Å². The van der Waals surface area contributed by atoms with Crippen LogP contribution in [0.15, 0.2) is 59.5 Å². The molecule has 1 heterocycles. The van der Waals surface area contributed by atoms with Crippen LogP contribution in [0.25, 0.3) is 0 Å². The monoisotopic (exact) mass is 331 g/mol. The fraction of sp³-hybridized carbons (Fsp3) is 0.333. The van der Waals surface area contributed by atoms with Crippen LogP contribution >= 0.6 is 0 Å². The van der Waals surface area contributed by atoms with Crippen LogP contribution < -0.4 is 0 Å². The predicted octanol–water partition coefficient (Wildman–Crippen LogP) is 3.15. The van der Waals surface area contributed by atoms with E-state index in [1.165, 1.54) is 4.31 Å². The molecule has 1 saturated heterocycles. The first kappa shape index (κ1) is 16.2. The Morgan fingerprint density at radius 3 is 2.39 bits per heavy atom. The molecule has 0 radical (unpaired) electrons. The summed E-state index contributed by atoms with van der Waals surface area (Å²) in [7, 11) is -3.45. The third-order valence-electron chi connectivity index (χ3n) is 4.13. The van der Waals surface area contributed by atoms with Gasteiger partial charge in [0.25, 0.3) is 0 Å². The minimum atomic E-state index is -3.45. The molecule has 2 aromatic rings. The molecule has 23 heavy (non-hydrogen) atoms. The summed E-state index contributed by atoms with van der Waals surface area (Å²) in [6, 6.07) is 17.0.